The number of benzene rings is 2. The molecule has 6 heteroatoms. The van der Waals surface area contributed by atoms with Crippen LogP contribution in [-0.4, -0.2) is 40.0 Å². The van der Waals surface area contributed by atoms with Crippen LogP contribution in [0.15, 0.2) is 48.5 Å². The van der Waals surface area contributed by atoms with Crippen LogP contribution in [-0.2, 0) is 18.8 Å². The molecular weight excluding hydrogens is 406 g/mol. The number of hydrogen-bond acceptors (Lipinski definition) is 4. The summed E-state index contributed by atoms with van der Waals surface area (Å²) < 4.78 is 11.2. The molecule has 0 heterocycles. The molecule has 0 saturated carbocycles. The van der Waals surface area contributed by atoms with Gasteiger partial charge in [-0.2, -0.15) is 0 Å². The summed E-state index contributed by atoms with van der Waals surface area (Å²) in [6.07, 6.45) is 0.376. The van der Waals surface area contributed by atoms with E-state index in [0.29, 0.717) is 13.0 Å². The minimum atomic E-state index is -1.94. The van der Waals surface area contributed by atoms with Gasteiger partial charge in [0, 0.05) is 13.0 Å². The lowest BCUT2D eigenvalue weighted by Crippen LogP contribution is -2.46. The van der Waals surface area contributed by atoms with Gasteiger partial charge >= 0.3 is 5.97 Å². The Morgan fingerprint density at radius 3 is 2.00 bits per heavy atom. The molecule has 0 aromatic heterocycles. The Morgan fingerprint density at radius 1 is 1.00 bits per heavy atom. The zero-order valence-electron chi connectivity index (χ0n) is 19.3. The number of carbonyl (C=O) groups is 2. The van der Waals surface area contributed by atoms with Crippen LogP contribution in [0.1, 0.15) is 44.2 Å². The Balaban J connectivity index is 1.77. The maximum absolute atomic E-state index is 13.4. The number of rotatable bonds is 7. The van der Waals surface area contributed by atoms with Gasteiger partial charge in [-0.15, -0.1) is 0 Å². The van der Waals surface area contributed by atoms with Crippen molar-refractivity contribution in [3.63, 3.8) is 0 Å². The van der Waals surface area contributed by atoms with Crippen LogP contribution >= 0.6 is 0 Å². The number of amides is 1. The van der Waals surface area contributed by atoms with Crippen LogP contribution in [0.3, 0.4) is 0 Å². The third-order valence-corrected chi connectivity index (χ3v) is 11.1. The summed E-state index contributed by atoms with van der Waals surface area (Å²) >= 11 is 0. The van der Waals surface area contributed by atoms with Crippen molar-refractivity contribution in [1.82, 2.24) is 5.32 Å². The summed E-state index contributed by atoms with van der Waals surface area (Å²) in [5.74, 6) is -1.09. The van der Waals surface area contributed by atoms with Crippen LogP contribution in [0.4, 0.5) is 0 Å². The topological polar surface area (TPSA) is 64.6 Å². The lowest BCUT2D eigenvalue weighted by molar-refractivity contribution is -0.145. The van der Waals surface area contributed by atoms with Gasteiger partial charge in [0.05, 0.1) is 13.0 Å². The molecule has 166 valence electrons. The minimum Gasteiger partial charge on any atom is -0.467 e. The van der Waals surface area contributed by atoms with Gasteiger partial charge < -0.3 is 14.5 Å². The fourth-order valence-electron chi connectivity index (χ4n) is 3.73. The fourth-order valence-corrected chi connectivity index (χ4v) is 4.79. The molecule has 1 atom stereocenters. The van der Waals surface area contributed by atoms with Crippen molar-refractivity contribution in [2.24, 2.45) is 0 Å². The van der Waals surface area contributed by atoms with Crippen molar-refractivity contribution in [3.05, 3.63) is 59.7 Å². The van der Waals surface area contributed by atoms with Crippen LogP contribution in [0.5, 0.6) is 0 Å². The second kappa shape index (κ2) is 8.97. The molecule has 3 rings (SSSR count). The van der Waals surface area contributed by atoms with Gasteiger partial charge in [-0.05, 0) is 40.4 Å². The molecule has 2 aromatic rings. The van der Waals surface area contributed by atoms with Crippen molar-refractivity contribution in [3.8, 4) is 11.1 Å². The first-order chi connectivity index (χ1) is 14.6. The first-order valence-corrected chi connectivity index (χ1v) is 13.7. The summed E-state index contributed by atoms with van der Waals surface area (Å²) in [6.45, 7) is 11.3. The summed E-state index contributed by atoms with van der Waals surface area (Å²) in [5, 5.41) is 3.02. The van der Waals surface area contributed by atoms with Gasteiger partial charge in [0.1, 0.15) is 6.04 Å². The first kappa shape index (κ1) is 23.2. The van der Waals surface area contributed by atoms with Crippen molar-refractivity contribution >= 4 is 20.2 Å². The quantitative estimate of drug-likeness (QED) is 0.494. The maximum Gasteiger partial charge on any atom is 0.328 e. The predicted molar refractivity (Wildman–Crippen MR) is 125 cm³/mol. The normalized spacial score (nSPS) is 14.5. The number of nitrogens with one attached hydrogen (secondary N) is 1. The highest BCUT2D eigenvalue weighted by atomic mass is 28.4. The zero-order chi connectivity index (χ0) is 22.8. The van der Waals surface area contributed by atoms with Gasteiger partial charge in [-0.25, -0.2) is 4.79 Å². The average Bonchev–Trinajstić information content (AvgIpc) is 3.06. The summed E-state index contributed by atoms with van der Waals surface area (Å²) in [6, 6.07) is 15.1. The average molecular weight is 440 g/mol. The number of hydrogen-bond donors (Lipinski definition) is 1. The molecule has 1 N–H and O–H groups in total. The van der Waals surface area contributed by atoms with E-state index < -0.39 is 26.2 Å². The van der Waals surface area contributed by atoms with Gasteiger partial charge in [-0.3, -0.25) is 4.79 Å². The van der Waals surface area contributed by atoms with Gasteiger partial charge in [0.2, 0.25) is 5.91 Å². The van der Waals surface area contributed by atoms with E-state index in [1.807, 2.05) is 48.5 Å². The Hall–Kier alpha value is -2.44. The molecule has 2 aromatic carbocycles. The molecular formula is C25H33NO4Si. The lowest BCUT2D eigenvalue weighted by atomic mass is 9.95. The highest BCUT2D eigenvalue weighted by Crippen LogP contribution is 2.44. The number of fused-ring (bicyclic) bond motifs is 3. The molecule has 0 aliphatic heterocycles. The van der Waals surface area contributed by atoms with E-state index in [9.17, 15) is 9.59 Å². The summed E-state index contributed by atoms with van der Waals surface area (Å²) in [5.41, 5.74) is 4.05. The lowest BCUT2D eigenvalue weighted by Gasteiger charge is -2.36. The zero-order valence-corrected chi connectivity index (χ0v) is 20.3. The third-order valence-electron chi connectivity index (χ3n) is 6.57. The van der Waals surface area contributed by atoms with E-state index in [1.165, 1.54) is 7.11 Å². The molecule has 5 nitrogen and oxygen atoms in total. The SMILES string of the molecule is COC(=O)[C@H](CCO[Si](C)(C)C(C)(C)C)NC(=O)C1c2ccccc2-c2ccccc21. The highest BCUT2D eigenvalue weighted by molar-refractivity contribution is 6.74. The highest BCUT2D eigenvalue weighted by Gasteiger charge is 2.38. The molecule has 1 amide bonds. The number of methoxy groups -OCH3 is 1. The summed E-state index contributed by atoms with van der Waals surface area (Å²) in [7, 11) is -0.598. The van der Waals surface area contributed by atoms with Crippen molar-refractivity contribution < 1.29 is 18.8 Å². The number of esters is 1. The van der Waals surface area contributed by atoms with E-state index in [-0.39, 0.29) is 10.9 Å². The second-order valence-electron chi connectivity index (χ2n) is 9.59. The Kier molecular flexibility index (Phi) is 6.72. The molecule has 0 saturated heterocycles. The van der Waals surface area contributed by atoms with E-state index in [4.69, 9.17) is 9.16 Å². The van der Waals surface area contributed by atoms with Crippen molar-refractivity contribution in [2.75, 3.05) is 13.7 Å². The number of ether oxygens (including phenoxy) is 1. The molecule has 0 bridgehead atoms. The van der Waals surface area contributed by atoms with Crippen LogP contribution < -0.4 is 5.32 Å². The van der Waals surface area contributed by atoms with Crippen molar-refractivity contribution in [2.45, 2.75) is 57.3 Å². The minimum absolute atomic E-state index is 0.0777. The van der Waals surface area contributed by atoms with E-state index >= 15 is 0 Å². The largest absolute Gasteiger partial charge is 0.467 e. The third kappa shape index (κ3) is 4.75. The molecule has 0 radical (unpaired) electrons. The molecule has 31 heavy (non-hydrogen) atoms. The van der Waals surface area contributed by atoms with Crippen LogP contribution in [0, 0.1) is 0 Å². The Morgan fingerprint density at radius 2 is 1.52 bits per heavy atom. The number of carbonyl (C=O) groups excluding carboxylic acids is 2. The van der Waals surface area contributed by atoms with E-state index in [0.717, 1.165) is 22.3 Å². The molecule has 1 aliphatic rings. The molecule has 0 spiro atoms. The van der Waals surface area contributed by atoms with E-state index in [2.05, 4.69) is 39.2 Å². The Labute approximate surface area is 186 Å². The maximum atomic E-state index is 13.4. The molecule has 0 unspecified atom stereocenters. The smallest absolute Gasteiger partial charge is 0.328 e. The van der Waals surface area contributed by atoms with Crippen molar-refractivity contribution in [1.29, 1.82) is 0 Å². The van der Waals surface area contributed by atoms with E-state index in [1.54, 1.807) is 0 Å². The second-order valence-corrected chi connectivity index (χ2v) is 14.4. The standard InChI is InChI=1S/C25H33NO4Si/c1-25(2,3)31(5,6)30-16-15-21(24(28)29-4)26-23(27)22-19-13-9-7-11-17(19)18-12-8-10-14-20(18)22/h7-14,21-22H,15-16H2,1-6H3,(H,26,27)/t21-/m0/s1. The van der Waals surface area contributed by atoms with Gasteiger partial charge in [0.25, 0.3) is 0 Å². The predicted octanol–water partition coefficient (Wildman–Crippen LogP) is 4.87. The fraction of sp³-hybridized carbons (Fsp3) is 0.440. The molecule has 0 fully saturated rings. The first-order valence-electron chi connectivity index (χ1n) is 10.8. The van der Waals surface area contributed by atoms with Gasteiger partial charge in [0.15, 0.2) is 8.32 Å². The molecule has 1 aliphatic carbocycles. The van der Waals surface area contributed by atoms with Crippen LogP contribution in [0.2, 0.25) is 18.1 Å². The monoisotopic (exact) mass is 439 g/mol. The van der Waals surface area contributed by atoms with Crippen LogP contribution in [0.25, 0.3) is 11.1 Å². The Bertz CT molecular complexity index is 918. The van der Waals surface area contributed by atoms with Gasteiger partial charge in [-0.1, -0.05) is 69.3 Å². The summed E-state index contributed by atoms with van der Waals surface area (Å²) in [4.78, 5) is 25.8.